The van der Waals surface area contributed by atoms with Gasteiger partial charge in [0.1, 0.15) is 5.82 Å². The highest BCUT2D eigenvalue weighted by molar-refractivity contribution is 5.40. The van der Waals surface area contributed by atoms with E-state index in [1.54, 1.807) is 0 Å². The quantitative estimate of drug-likeness (QED) is 0.862. The van der Waals surface area contributed by atoms with E-state index < -0.39 is 0 Å². The summed E-state index contributed by atoms with van der Waals surface area (Å²) < 4.78 is 0. The van der Waals surface area contributed by atoms with Gasteiger partial charge in [0.15, 0.2) is 0 Å². The minimum atomic E-state index is 0.470. The zero-order chi connectivity index (χ0) is 14.6. The second-order valence-electron chi connectivity index (χ2n) is 6.79. The molecule has 1 aromatic heterocycles. The molecular weight excluding hydrogens is 248 g/mol. The van der Waals surface area contributed by atoms with Crippen LogP contribution < -0.4 is 10.2 Å². The largest absolute Gasteiger partial charge is 0.369 e. The van der Waals surface area contributed by atoms with Gasteiger partial charge in [0.2, 0.25) is 5.95 Å². The predicted molar refractivity (Wildman–Crippen MR) is 85.2 cm³/mol. The Balaban J connectivity index is 2.00. The molecule has 0 spiro atoms. The second-order valence-corrected chi connectivity index (χ2v) is 6.79. The molecule has 1 aromatic rings. The fourth-order valence-electron chi connectivity index (χ4n) is 3.38. The highest BCUT2D eigenvalue weighted by Crippen LogP contribution is 2.43. The molecule has 0 radical (unpaired) electrons. The minimum Gasteiger partial charge on any atom is -0.369 e. The Labute approximate surface area is 123 Å². The Bertz CT molecular complexity index is 422. The zero-order valence-corrected chi connectivity index (χ0v) is 13.3. The third-order valence-corrected chi connectivity index (χ3v) is 4.19. The Morgan fingerprint density at radius 3 is 2.60 bits per heavy atom. The number of anilines is 2. The molecule has 0 bridgehead atoms. The van der Waals surface area contributed by atoms with Gasteiger partial charge in [-0.25, -0.2) is 4.98 Å². The van der Waals surface area contributed by atoms with Crippen LogP contribution in [-0.2, 0) is 0 Å². The maximum Gasteiger partial charge on any atom is 0.226 e. The molecule has 0 aliphatic heterocycles. The maximum absolute atomic E-state index is 4.55. The van der Waals surface area contributed by atoms with Crippen molar-refractivity contribution in [3.63, 3.8) is 0 Å². The number of hydrogen-bond acceptors (Lipinski definition) is 4. The van der Waals surface area contributed by atoms with Gasteiger partial charge in [-0.3, -0.25) is 0 Å². The number of nitrogens with zero attached hydrogens (tertiary/aromatic N) is 3. The number of aromatic nitrogens is 2. The first-order valence-corrected chi connectivity index (χ1v) is 7.75. The normalized spacial score (nSPS) is 17.4. The molecule has 1 N–H and O–H groups in total. The Morgan fingerprint density at radius 1 is 1.30 bits per heavy atom. The van der Waals surface area contributed by atoms with Crippen LogP contribution >= 0.6 is 0 Å². The van der Waals surface area contributed by atoms with Crippen molar-refractivity contribution in [2.75, 3.05) is 30.9 Å². The smallest absolute Gasteiger partial charge is 0.226 e. The standard InChI is InChI=1S/C16H28N4/c1-13(2)11-16(8-5-6-9-16)12-18-14-7-10-17-15(19-14)20(3)4/h7,10,13H,5-6,8-9,11-12H2,1-4H3,(H,17,18,19). The van der Waals surface area contributed by atoms with Crippen molar-refractivity contribution in [1.82, 2.24) is 9.97 Å². The first-order chi connectivity index (χ1) is 9.51. The van der Waals surface area contributed by atoms with Gasteiger partial charge in [-0.15, -0.1) is 0 Å². The predicted octanol–water partition coefficient (Wildman–Crippen LogP) is 3.56. The van der Waals surface area contributed by atoms with Gasteiger partial charge < -0.3 is 10.2 Å². The summed E-state index contributed by atoms with van der Waals surface area (Å²) in [4.78, 5) is 10.7. The summed E-state index contributed by atoms with van der Waals surface area (Å²) in [6.45, 7) is 5.69. The van der Waals surface area contributed by atoms with Gasteiger partial charge in [-0.2, -0.15) is 4.98 Å². The summed E-state index contributed by atoms with van der Waals surface area (Å²) in [6.07, 6.45) is 8.59. The number of hydrogen-bond donors (Lipinski definition) is 1. The van der Waals surface area contributed by atoms with Gasteiger partial charge in [0, 0.05) is 26.8 Å². The van der Waals surface area contributed by atoms with Crippen molar-refractivity contribution >= 4 is 11.8 Å². The van der Waals surface area contributed by atoms with Gasteiger partial charge >= 0.3 is 0 Å². The van der Waals surface area contributed by atoms with Crippen LogP contribution in [0.2, 0.25) is 0 Å². The highest BCUT2D eigenvalue weighted by Gasteiger charge is 2.34. The fraction of sp³-hybridized carbons (Fsp3) is 0.750. The molecule has 20 heavy (non-hydrogen) atoms. The molecule has 0 unspecified atom stereocenters. The van der Waals surface area contributed by atoms with Crippen LogP contribution in [0.15, 0.2) is 12.3 Å². The van der Waals surface area contributed by atoms with E-state index >= 15 is 0 Å². The van der Waals surface area contributed by atoms with Crippen molar-refractivity contribution < 1.29 is 0 Å². The third kappa shape index (κ3) is 3.84. The topological polar surface area (TPSA) is 41.1 Å². The monoisotopic (exact) mass is 276 g/mol. The van der Waals surface area contributed by atoms with Crippen LogP contribution in [0, 0.1) is 11.3 Å². The lowest BCUT2D eigenvalue weighted by Gasteiger charge is -2.31. The maximum atomic E-state index is 4.55. The Hall–Kier alpha value is -1.32. The van der Waals surface area contributed by atoms with Crippen LogP contribution in [0.5, 0.6) is 0 Å². The number of rotatable bonds is 6. The molecule has 0 aromatic carbocycles. The molecule has 4 nitrogen and oxygen atoms in total. The van der Waals surface area contributed by atoms with Crippen molar-refractivity contribution in [2.24, 2.45) is 11.3 Å². The van der Waals surface area contributed by atoms with Crippen molar-refractivity contribution in [2.45, 2.75) is 46.0 Å². The molecule has 0 amide bonds. The van der Waals surface area contributed by atoms with Crippen molar-refractivity contribution in [3.8, 4) is 0 Å². The molecule has 1 fully saturated rings. The van der Waals surface area contributed by atoms with E-state index in [-0.39, 0.29) is 0 Å². The summed E-state index contributed by atoms with van der Waals surface area (Å²) >= 11 is 0. The van der Waals surface area contributed by atoms with Crippen LogP contribution in [0.1, 0.15) is 46.0 Å². The lowest BCUT2D eigenvalue weighted by Crippen LogP contribution is -2.29. The molecule has 0 saturated heterocycles. The molecule has 1 aliphatic rings. The van der Waals surface area contributed by atoms with E-state index in [1.807, 2.05) is 31.3 Å². The van der Waals surface area contributed by atoms with Crippen LogP contribution in [-0.4, -0.2) is 30.6 Å². The third-order valence-electron chi connectivity index (χ3n) is 4.19. The van der Waals surface area contributed by atoms with Gasteiger partial charge in [-0.1, -0.05) is 26.7 Å². The first kappa shape index (κ1) is 15.1. The molecule has 112 valence electrons. The lowest BCUT2D eigenvalue weighted by molar-refractivity contribution is 0.252. The molecule has 1 saturated carbocycles. The van der Waals surface area contributed by atoms with E-state index in [2.05, 4.69) is 29.1 Å². The first-order valence-electron chi connectivity index (χ1n) is 7.75. The van der Waals surface area contributed by atoms with Crippen molar-refractivity contribution in [1.29, 1.82) is 0 Å². The Morgan fingerprint density at radius 2 is 2.00 bits per heavy atom. The summed E-state index contributed by atoms with van der Waals surface area (Å²) in [6, 6.07) is 1.96. The highest BCUT2D eigenvalue weighted by atomic mass is 15.2. The minimum absolute atomic E-state index is 0.470. The second kappa shape index (κ2) is 6.42. The van der Waals surface area contributed by atoms with E-state index in [9.17, 15) is 0 Å². The molecular formula is C16H28N4. The van der Waals surface area contributed by atoms with Gasteiger partial charge in [-0.05, 0) is 36.7 Å². The average Bonchev–Trinajstić information content (AvgIpc) is 2.85. The van der Waals surface area contributed by atoms with E-state index in [0.29, 0.717) is 5.41 Å². The summed E-state index contributed by atoms with van der Waals surface area (Å²) in [5.41, 5.74) is 0.470. The number of nitrogens with one attached hydrogen (secondary N) is 1. The molecule has 1 aliphatic carbocycles. The molecule has 1 heterocycles. The zero-order valence-electron chi connectivity index (χ0n) is 13.3. The Kier molecular flexibility index (Phi) is 4.84. The molecule has 4 heteroatoms. The van der Waals surface area contributed by atoms with Gasteiger partial charge in [0.05, 0.1) is 0 Å². The summed E-state index contributed by atoms with van der Waals surface area (Å²) in [5.74, 6) is 2.47. The van der Waals surface area contributed by atoms with Crippen molar-refractivity contribution in [3.05, 3.63) is 12.3 Å². The molecule has 0 atom stereocenters. The van der Waals surface area contributed by atoms with Crippen LogP contribution in [0.3, 0.4) is 0 Å². The summed E-state index contributed by atoms with van der Waals surface area (Å²) in [5, 5.41) is 3.55. The fourth-order valence-corrected chi connectivity index (χ4v) is 3.38. The summed E-state index contributed by atoms with van der Waals surface area (Å²) in [7, 11) is 3.94. The van der Waals surface area contributed by atoms with E-state index in [1.165, 1.54) is 32.1 Å². The van der Waals surface area contributed by atoms with E-state index in [0.717, 1.165) is 24.2 Å². The van der Waals surface area contributed by atoms with E-state index in [4.69, 9.17) is 0 Å². The van der Waals surface area contributed by atoms with Crippen LogP contribution in [0.4, 0.5) is 11.8 Å². The molecule has 2 rings (SSSR count). The van der Waals surface area contributed by atoms with Crippen LogP contribution in [0.25, 0.3) is 0 Å². The average molecular weight is 276 g/mol. The SMILES string of the molecule is CC(C)CC1(CNc2ccnc(N(C)C)n2)CCCC1. The lowest BCUT2D eigenvalue weighted by atomic mass is 9.78. The van der Waals surface area contributed by atoms with Gasteiger partial charge in [0.25, 0.3) is 0 Å².